The molecule has 0 fully saturated rings. The van der Waals surface area contributed by atoms with Gasteiger partial charge in [-0.15, -0.1) is 0 Å². The van der Waals surface area contributed by atoms with E-state index in [1.165, 1.54) is 19.2 Å². The maximum absolute atomic E-state index is 12.4. The average molecular weight is 289 g/mol. The van der Waals surface area contributed by atoms with Crippen LogP contribution in [0.2, 0.25) is 0 Å². The molecule has 2 rings (SSSR count). The normalized spacial score (nSPS) is 10.8. The lowest BCUT2D eigenvalue weighted by Crippen LogP contribution is -2.27. The number of nitrogens with one attached hydrogen (secondary N) is 1. The zero-order valence-corrected chi connectivity index (χ0v) is 11.4. The molecule has 6 nitrogen and oxygen atoms in total. The van der Waals surface area contributed by atoms with Gasteiger partial charge in [0.15, 0.2) is 0 Å². The fourth-order valence-electron chi connectivity index (χ4n) is 1.62. The minimum atomic E-state index is -3.78. The van der Waals surface area contributed by atoms with Gasteiger partial charge in [0, 0.05) is 19.3 Å². The fraction of sp³-hybridized carbons (Fsp3) is 0.0769. The summed E-state index contributed by atoms with van der Waals surface area (Å²) in [5.74, 6) is 0. The molecule has 102 valence electrons. The molecule has 0 aliphatic heterocycles. The number of nitriles is 1. The summed E-state index contributed by atoms with van der Waals surface area (Å²) in [6.07, 6.45) is 1.14. The SMILES string of the molecule is CN(c1cccc(C#N)c1)S(=O)(=O)c1ccc(=O)[nH]c1. The quantitative estimate of drug-likeness (QED) is 0.914. The molecule has 0 saturated carbocycles. The predicted molar refractivity (Wildman–Crippen MR) is 73.8 cm³/mol. The highest BCUT2D eigenvalue weighted by atomic mass is 32.2. The number of H-pyrrole nitrogens is 1. The number of aromatic nitrogens is 1. The number of rotatable bonds is 3. The van der Waals surface area contributed by atoms with Crippen molar-refractivity contribution in [2.24, 2.45) is 0 Å². The lowest BCUT2D eigenvalue weighted by atomic mass is 10.2. The highest BCUT2D eigenvalue weighted by molar-refractivity contribution is 7.92. The topological polar surface area (TPSA) is 94.0 Å². The average Bonchev–Trinajstić information content (AvgIpc) is 2.47. The molecule has 0 aliphatic carbocycles. The smallest absolute Gasteiger partial charge is 0.265 e. The molecule has 0 amide bonds. The predicted octanol–water partition coefficient (Wildman–Crippen LogP) is 1.07. The maximum Gasteiger partial charge on any atom is 0.265 e. The summed E-state index contributed by atoms with van der Waals surface area (Å²) >= 11 is 0. The van der Waals surface area contributed by atoms with Crippen LogP contribution in [0.25, 0.3) is 0 Å². The molecule has 1 N–H and O–H groups in total. The lowest BCUT2D eigenvalue weighted by Gasteiger charge is -2.19. The molecule has 1 heterocycles. The van der Waals surface area contributed by atoms with Gasteiger partial charge in [0.1, 0.15) is 4.90 Å². The fourth-order valence-corrected chi connectivity index (χ4v) is 2.78. The van der Waals surface area contributed by atoms with E-state index in [0.717, 1.165) is 16.6 Å². The molecule has 0 bridgehead atoms. The van der Waals surface area contributed by atoms with Crippen molar-refractivity contribution in [3.05, 3.63) is 58.5 Å². The zero-order chi connectivity index (χ0) is 14.8. The second kappa shape index (κ2) is 5.19. The standard InChI is InChI=1S/C13H11N3O3S/c1-16(11-4-2-3-10(7-11)8-14)20(18,19)12-5-6-13(17)15-9-12/h2-7,9H,1H3,(H,15,17). The second-order valence-electron chi connectivity index (χ2n) is 4.02. The van der Waals surface area contributed by atoms with Crippen LogP contribution in [-0.4, -0.2) is 20.4 Å². The second-order valence-corrected chi connectivity index (χ2v) is 5.99. The molecule has 7 heteroatoms. The van der Waals surface area contributed by atoms with Gasteiger partial charge in [-0.2, -0.15) is 5.26 Å². The molecule has 2 aromatic rings. The first-order chi connectivity index (χ1) is 9.45. The van der Waals surface area contributed by atoms with E-state index in [-0.39, 0.29) is 10.5 Å². The summed E-state index contributed by atoms with van der Waals surface area (Å²) in [4.78, 5) is 13.3. The minimum Gasteiger partial charge on any atom is -0.328 e. The van der Waals surface area contributed by atoms with E-state index >= 15 is 0 Å². The summed E-state index contributed by atoms with van der Waals surface area (Å²) < 4.78 is 25.8. The molecular weight excluding hydrogens is 278 g/mol. The molecule has 1 aromatic heterocycles. The number of hydrogen-bond donors (Lipinski definition) is 1. The molecule has 0 spiro atoms. The van der Waals surface area contributed by atoms with E-state index in [1.54, 1.807) is 18.2 Å². The van der Waals surface area contributed by atoms with E-state index < -0.39 is 10.0 Å². The van der Waals surface area contributed by atoms with Gasteiger partial charge in [-0.05, 0) is 24.3 Å². The molecular formula is C13H11N3O3S. The molecule has 20 heavy (non-hydrogen) atoms. The molecule has 0 saturated heterocycles. The Labute approximate surface area is 116 Å². The van der Waals surface area contributed by atoms with Crippen LogP contribution in [-0.2, 0) is 10.0 Å². The van der Waals surface area contributed by atoms with Crippen molar-refractivity contribution in [2.75, 3.05) is 11.4 Å². The molecule has 0 radical (unpaired) electrons. The summed E-state index contributed by atoms with van der Waals surface area (Å²) in [6, 6.07) is 10.6. The first-order valence-electron chi connectivity index (χ1n) is 5.63. The van der Waals surface area contributed by atoms with Gasteiger partial charge in [0.05, 0.1) is 17.3 Å². The van der Waals surface area contributed by atoms with Crippen molar-refractivity contribution >= 4 is 15.7 Å². The van der Waals surface area contributed by atoms with E-state index in [9.17, 15) is 13.2 Å². The largest absolute Gasteiger partial charge is 0.328 e. The van der Waals surface area contributed by atoms with Crippen molar-refractivity contribution in [1.29, 1.82) is 5.26 Å². The van der Waals surface area contributed by atoms with Gasteiger partial charge < -0.3 is 4.98 Å². The summed E-state index contributed by atoms with van der Waals surface area (Å²) in [6.45, 7) is 0. The van der Waals surface area contributed by atoms with Gasteiger partial charge in [-0.3, -0.25) is 9.10 Å². The number of hydrogen-bond acceptors (Lipinski definition) is 4. The Hall–Kier alpha value is -2.59. The highest BCUT2D eigenvalue weighted by Crippen LogP contribution is 2.21. The number of anilines is 1. The number of benzene rings is 1. The zero-order valence-electron chi connectivity index (χ0n) is 10.6. The van der Waals surface area contributed by atoms with Crippen LogP contribution < -0.4 is 9.86 Å². The van der Waals surface area contributed by atoms with Crippen LogP contribution in [0.5, 0.6) is 0 Å². The number of sulfonamides is 1. The van der Waals surface area contributed by atoms with E-state index in [4.69, 9.17) is 5.26 Å². The Bertz CT molecular complexity index is 814. The van der Waals surface area contributed by atoms with Gasteiger partial charge >= 0.3 is 0 Å². The monoisotopic (exact) mass is 289 g/mol. The third-order valence-corrected chi connectivity index (χ3v) is 4.53. The summed E-state index contributed by atoms with van der Waals surface area (Å²) in [7, 11) is -2.39. The Kier molecular flexibility index (Phi) is 3.59. The Morgan fingerprint density at radius 3 is 2.60 bits per heavy atom. The van der Waals surface area contributed by atoms with Crippen molar-refractivity contribution in [3.8, 4) is 6.07 Å². The van der Waals surface area contributed by atoms with Crippen molar-refractivity contribution in [3.63, 3.8) is 0 Å². The molecule has 0 atom stereocenters. The molecule has 0 unspecified atom stereocenters. The first-order valence-corrected chi connectivity index (χ1v) is 7.07. The third-order valence-electron chi connectivity index (χ3n) is 2.75. The Balaban J connectivity index is 2.46. The maximum atomic E-state index is 12.4. The minimum absolute atomic E-state index is 0.0260. The van der Waals surface area contributed by atoms with Gasteiger partial charge in [-0.25, -0.2) is 8.42 Å². The Morgan fingerprint density at radius 1 is 1.25 bits per heavy atom. The molecule has 1 aromatic carbocycles. The van der Waals surface area contributed by atoms with Crippen molar-refractivity contribution in [1.82, 2.24) is 4.98 Å². The number of aromatic amines is 1. The van der Waals surface area contributed by atoms with Crippen LogP contribution in [0, 0.1) is 11.3 Å². The summed E-state index contributed by atoms with van der Waals surface area (Å²) in [5.41, 5.74) is 0.361. The van der Waals surface area contributed by atoms with Gasteiger partial charge in [-0.1, -0.05) is 6.07 Å². The van der Waals surface area contributed by atoms with Crippen LogP contribution in [0.15, 0.2) is 52.3 Å². The van der Waals surface area contributed by atoms with Crippen LogP contribution in [0.4, 0.5) is 5.69 Å². The van der Waals surface area contributed by atoms with Crippen LogP contribution in [0.3, 0.4) is 0 Å². The Morgan fingerprint density at radius 2 is 2.00 bits per heavy atom. The van der Waals surface area contributed by atoms with E-state index in [0.29, 0.717) is 11.3 Å². The first kappa shape index (κ1) is 13.8. The van der Waals surface area contributed by atoms with Crippen LogP contribution in [0.1, 0.15) is 5.56 Å². The number of nitrogens with zero attached hydrogens (tertiary/aromatic N) is 2. The lowest BCUT2D eigenvalue weighted by molar-refractivity contribution is 0.594. The van der Waals surface area contributed by atoms with Gasteiger partial charge in [0.2, 0.25) is 5.56 Å². The summed E-state index contributed by atoms with van der Waals surface area (Å²) in [5, 5.41) is 8.84. The van der Waals surface area contributed by atoms with Crippen molar-refractivity contribution < 1.29 is 8.42 Å². The van der Waals surface area contributed by atoms with Crippen LogP contribution >= 0.6 is 0 Å². The van der Waals surface area contributed by atoms with E-state index in [2.05, 4.69) is 4.98 Å². The highest BCUT2D eigenvalue weighted by Gasteiger charge is 2.21. The van der Waals surface area contributed by atoms with E-state index in [1.807, 2.05) is 6.07 Å². The molecule has 0 aliphatic rings. The number of pyridine rings is 1. The van der Waals surface area contributed by atoms with Crippen molar-refractivity contribution in [2.45, 2.75) is 4.90 Å². The van der Waals surface area contributed by atoms with Gasteiger partial charge in [0.25, 0.3) is 10.0 Å². The third kappa shape index (κ3) is 2.55.